The molecule has 1 unspecified atom stereocenters. The summed E-state index contributed by atoms with van der Waals surface area (Å²) in [6, 6.07) is 0. The van der Waals surface area contributed by atoms with Crippen LogP contribution in [0.25, 0.3) is 0 Å². The highest BCUT2D eigenvalue weighted by atomic mass is 32.2. The van der Waals surface area contributed by atoms with Gasteiger partial charge in [-0.1, -0.05) is 0 Å². The lowest BCUT2D eigenvalue weighted by molar-refractivity contribution is -0.136. The molecule has 0 saturated heterocycles. The minimum absolute atomic E-state index is 0.185. The van der Waals surface area contributed by atoms with Gasteiger partial charge in [0.15, 0.2) is 11.1 Å². The molecule has 0 fully saturated rings. The van der Waals surface area contributed by atoms with Gasteiger partial charge in [-0.3, -0.25) is 9.59 Å². The van der Waals surface area contributed by atoms with Crippen LogP contribution in [0.1, 0.15) is 13.3 Å². The first kappa shape index (κ1) is 13.6. The Morgan fingerprint density at radius 2 is 1.83 bits per heavy atom. The average molecular weight is 197 g/mol. The third kappa shape index (κ3) is 35.8. The van der Waals surface area contributed by atoms with Gasteiger partial charge < -0.3 is 15.4 Å². The topological polar surface area (TPSA) is 118 Å². The summed E-state index contributed by atoms with van der Waals surface area (Å²) in [6.07, 6.45) is -0.247. The molecule has 4 N–H and O–H groups in total. The number of amides is 1. The number of primary amides is 1. The number of hydrogen-bond donors (Lipinski definition) is 3. The summed E-state index contributed by atoms with van der Waals surface area (Å²) in [5.74, 6) is -1.57. The Morgan fingerprint density at radius 3 is 1.92 bits per heavy atom. The number of aliphatic carboxylic acids is 1. The first-order valence-electron chi connectivity index (χ1n) is 2.91. The molecule has 0 saturated carbocycles. The fourth-order valence-corrected chi connectivity index (χ4v) is 0.524. The molecule has 0 aromatic heterocycles. The zero-order valence-electron chi connectivity index (χ0n) is 6.52. The molecular weight excluding hydrogens is 186 g/mol. The Morgan fingerprint density at radius 1 is 1.50 bits per heavy atom. The number of carbonyl (C=O) groups excluding carboxylic acids is 1. The minimum atomic E-state index is -1.97. The van der Waals surface area contributed by atoms with Crippen molar-refractivity contribution in [3.8, 4) is 0 Å². The molecule has 0 heterocycles. The van der Waals surface area contributed by atoms with Gasteiger partial charge in [0.2, 0.25) is 5.91 Å². The van der Waals surface area contributed by atoms with Gasteiger partial charge in [0, 0.05) is 6.92 Å². The van der Waals surface area contributed by atoms with Gasteiger partial charge in [0.1, 0.15) is 0 Å². The second kappa shape index (κ2) is 8.15. The van der Waals surface area contributed by atoms with Crippen molar-refractivity contribution in [1.29, 1.82) is 0 Å². The summed E-state index contributed by atoms with van der Waals surface area (Å²) >= 11 is -1.97. The number of carboxylic acid groups (broad SMARTS) is 1. The van der Waals surface area contributed by atoms with Crippen molar-refractivity contribution < 1.29 is 23.5 Å². The van der Waals surface area contributed by atoms with E-state index in [2.05, 4.69) is 5.73 Å². The lowest BCUT2D eigenvalue weighted by Gasteiger charge is -1.86. The van der Waals surface area contributed by atoms with Crippen molar-refractivity contribution in [2.24, 2.45) is 5.73 Å². The zero-order valence-corrected chi connectivity index (χ0v) is 7.34. The first-order valence-corrected chi connectivity index (χ1v) is 4.19. The van der Waals surface area contributed by atoms with E-state index in [9.17, 15) is 13.8 Å². The standard InChI is InChI=1S/C3H6O4S.C2H5NO/c4-3(5)1-2-8(6)7;1-2(3)4/h1-2H2,(H,4,5)(H,6,7);1H3,(H2,3,4). The molecule has 6 nitrogen and oxygen atoms in total. The Bertz CT molecular complexity index is 163. The SMILES string of the molecule is CC(N)=O.O=C(O)CCS(=O)O. The molecule has 0 rings (SSSR count). The maximum absolute atomic E-state index is 9.75. The molecule has 0 aliphatic rings. The van der Waals surface area contributed by atoms with Crippen molar-refractivity contribution in [3.63, 3.8) is 0 Å². The molecule has 1 atom stereocenters. The van der Waals surface area contributed by atoms with Crippen molar-refractivity contribution in [1.82, 2.24) is 0 Å². The van der Waals surface area contributed by atoms with E-state index in [4.69, 9.17) is 9.66 Å². The summed E-state index contributed by atoms with van der Waals surface area (Å²) < 4.78 is 17.8. The minimum Gasteiger partial charge on any atom is -0.481 e. The quantitative estimate of drug-likeness (QED) is 0.510. The predicted octanol–water partition coefficient (Wildman–Crippen LogP) is -0.826. The maximum Gasteiger partial charge on any atom is 0.304 e. The molecule has 0 aliphatic carbocycles. The van der Waals surface area contributed by atoms with Crippen LogP contribution >= 0.6 is 0 Å². The highest BCUT2D eigenvalue weighted by Gasteiger charge is 1.98. The van der Waals surface area contributed by atoms with Crippen molar-refractivity contribution in [3.05, 3.63) is 0 Å². The van der Waals surface area contributed by atoms with Crippen LogP contribution in [0.15, 0.2) is 0 Å². The summed E-state index contributed by atoms with van der Waals surface area (Å²) in [6.45, 7) is 1.31. The number of hydrogen-bond acceptors (Lipinski definition) is 3. The van der Waals surface area contributed by atoms with Crippen LogP contribution in [-0.4, -0.2) is 31.5 Å². The van der Waals surface area contributed by atoms with Gasteiger partial charge in [-0.15, -0.1) is 0 Å². The van der Waals surface area contributed by atoms with Gasteiger partial charge in [-0.05, 0) is 0 Å². The highest BCUT2D eigenvalue weighted by molar-refractivity contribution is 7.79. The van der Waals surface area contributed by atoms with Crippen LogP contribution in [0.3, 0.4) is 0 Å². The van der Waals surface area contributed by atoms with Crippen molar-refractivity contribution in [2.45, 2.75) is 13.3 Å². The fourth-order valence-electron chi connectivity index (χ4n) is 0.175. The third-order valence-electron chi connectivity index (χ3n) is 0.491. The Kier molecular flexibility index (Phi) is 9.25. The van der Waals surface area contributed by atoms with E-state index in [1.54, 1.807) is 0 Å². The Balaban J connectivity index is 0. The van der Waals surface area contributed by atoms with E-state index >= 15 is 0 Å². The second-order valence-corrected chi connectivity index (χ2v) is 2.83. The van der Waals surface area contributed by atoms with Gasteiger partial charge in [-0.2, -0.15) is 0 Å². The van der Waals surface area contributed by atoms with Crippen LogP contribution < -0.4 is 5.73 Å². The van der Waals surface area contributed by atoms with Crippen LogP contribution in [0, 0.1) is 0 Å². The normalized spacial score (nSPS) is 10.8. The van der Waals surface area contributed by atoms with Gasteiger partial charge >= 0.3 is 5.97 Å². The fraction of sp³-hybridized carbons (Fsp3) is 0.600. The molecule has 12 heavy (non-hydrogen) atoms. The van der Waals surface area contributed by atoms with E-state index in [-0.39, 0.29) is 18.1 Å². The molecule has 0 aromatic carbocycles. The molecule has 72 valence electrons. The van der Waals surface area contributed by atoms with E-state index in [0.29, 0.717) is 0 Å². The first-order chi connectivity index (χ1) is 5.36. The predicted molar refractivity (Wildman–Crippen MR) is 42.8 cm³/mol. The van der Waals surface area contributed by atoms with Crippen LogP contribution in [0.5, 0.6) is 0 Å². The van der Waals surface area contributed by atoms with Crippen LogP contribution in [0.2, 0.25) is 0 Å². The largest absolute Gasteiger partial charge is 0.481 e. The number of carboxylic acids is 1. The number of nitrogens with two attached hydrogens (primary N) is 1. The lowest BCUT2D eigenvalue weighted by Crippen LogP contribution is -2.02. The highest BCUT2D eigenvalue weighted by Crippen LogP contribution is 1.81. The molecule has 0 aromatic rings. The van der Waals surface area contributed by atoms with Gasteiger partial charge in [-0.25, -0.2) is 4.21 Å². The third-order valence-corrected chi connectivity index (χ3v) is 1.04. The van der Waals surface area contributed by atoms with Gasteiger partial charge in [0.05, 0.1) is 12.2 Å². The number of carbonyl (C=O) groups is 2. The smallest absolute Gasteiger partial charge is 0.304 e. The van der Waals surface area contributed by atoms with Crippen LogP contribution in [-0.2, 0) is 20.7 Å². The lowest BCUT2D eigenvalue weighted by atomic mass is 10.5. The van der Waals surface area contributed by atoms with Gasteiger partial charge in [0.25, 0.3) is 0 Å². The van der Waals surface area contributed by atoms with E-state index < -0.39 is 17.0 Å². The van der Waals surface area contributed by atoms with E-state index in [1.807, 2.05) is 0 Å². The summed E-state index contributed by atoms with van der Waals surface area (Å²) in [5.41, 5.74) is 4.47. The van der Waals surface area contributed by atoms with E-state index in [0.717, 1.165) is 0 Å². The summed E-state index contributed by atoms with van der Waals surface area (Å²) in [7, 11) is 0. The summed E-state index contributed by atoms with van der Waals surface area (Å²) in [4.78, 5) is 18.9. The average Bonchev–Trinajstić information content (AvgIpc) is 1.82. The molecular formula is C5H11NO5S. The van der Waals surface area contributed by atoms with Crippen molar-refractivity contribution >= 4 is 23.0 Å². The van der Waals surface area contributed by atoms with E-state index in [1.165, 1.54) is 6.92 Å². The summed E-state index contributed by atoms with van der Waals surface area (Å²) in [5, 5.41) is 7.92. The van der Waals surface area contributed by atoms with Crippen LogP contribution in [0.4, 0.5) is 0 Å². The molecule has 7 heteroatoms. The molecule has 1 amide bonds. The molecule has 0 radical (unpaired) electrons. The van der Waals surface area contributed by atoms with Crippen molar-refractivity contribution in [2.75, 3.05) is 5.75 Å². The molecule has 0 bridgehead atoms. The monoisotopic (exact) mass is 197 g/mol. The second-order valence-electron chi connectivity index (χ2n) is 1.78. The zero-order chi connectivity index (χ0) is 10.1. The Labute approximate surface area is 72.0 Å². The Hall–Kier alpha value is -0.950. The molecule has 0 aliphatic heterocycles. The maximum atomic E-state index is 9.75. The molecule has 0 spiro atoms. The number of rotatable bonds is 3.